The minimum atomic E-state index is -3.41. The van der Waals surface area contributed by atoms with Gasteiger partial charge in [-0.1, -0.05) is 13.3 Å². The number of aliphatic hydroxyl groups excluding tert-OH is 1. The van der Waals surface area contributed by atoms with Gasteiger partial charge in [-0.05, 0) is 50.5 Å². The molecule has 10 heteroatoms. The second-order valence-corrected chi connectivity index (χ2v) is 11.3. The van der Waals surface area contributed by atoms with E-state index in [0.29, 0.717) is 19.0 Å². The number of piperidine rings is 1. The first-order chi connectivity index (χ1) is 13.9. The van der Waals surface area contributed by atoms with Crippen molar-refractivity contribution < 1.29 is 13.5 Å². The van der Waals surface area contributed by atoms with Crippen molar-refractivity contribution in [3.05, 3.63) is 0 Å². The van der Waals surface area contributed by atoms with Gasteiger partial charge >= 0.3 is 0 Å². The standard InChI is InChI=1S/C19H38N6O3S/c1-3-17(26)13-7-8-20-18(9-13)25-12-15(11-22-25)29(27,28)23-16-6-4-5-14-10-21-24(2)19(14)16/h13-23,26H,3-12H2,1-2H3/t13?,14?,15?,16?,17-,18?,19?/m0/s1. The van der Waals surface area contributed by atoms with Crippen LogP contribution in [0.25, 0.3) is 0 Å². The number of fused-ring (bicyclic) bond motifs is 1. The number of likely N-dealkylation sites (N-methyl/N-ethyl adjacent to an activating group) is 1. The normalized spacial score (nSPS) is 40.8. The lowest BCUT2D eigenvalue weighted by atomic mass is 9.82. The van der Waals surface area contributed by atoms with Crippen LogP contribution in [0.15, 0.2) is 0 Å². The zero-order valence-electron chi connectivity index (χ0n) is 17.7. The van der Waals surface area contributed by atoms with Crippen LogP contribution in [0.5, 0.6) is 0 Å². The van der Waals surface area contributed by atoms with Crippen molar-refractivity contribution in [1.82, 2.24) is 30.9 Å². The molecule has 29 heavy (non-hydrogen) atoms. The van der Waals surface area contributed by atoms with E-state index in [0.717, 1.165) is 51.6 Å². The van der Waals surface area contributed by atoms with Crippen molar-refractivity contribution in [3.63, 3.8) is 0 Å². The minimum absolute atomic E-state index is 0.0234. The first-order valence-electron chi connectivity index (χ1n) is 11.3. The largest absolute Gasteiger partial charge is 0.393 e. The monoisotopic (exact) mass is 430 g/mol. The van der Waals surface area contributed by atoms with Gasteiger partial charge in [0.05, 0.1) is 12.3 Å². The van der Waals surface area contributed by atoms with Gasteiger partial charge < -0.3 is 10.4 Å². The molecule has 168 valence electrons. The van der Waals surface area contributed by atoms with Gasteiger partial charge in [0.25, 0.3) is 0 Å². The molecule has 0 radical (unpaired) electrons. The maximum atomic E-state index is 13.2. The molecule has 5 N–H and O–H groups in total. The number of hydrazine groups is 2. The number of nitrogens with zero attached hydrogens (tertiary/aromatic N) is 2. The molecular weight excluding hydrogens is 392 g/mol. The smallest absolute Gasteiger partial charge is 0.217 e. The Morgan fingerprint density at radius 2 is 2.03 bits per heavy atom. The zero-order chi connectivity index (χ0) is 20.6. The van der Waals surface area contributed by atoms with E-state index in [2.05, 4.69) is 25.9 Å². The molecule has 3 aliphatic heterocycles. The topological polar surface area (TPSA) is 109 Å². The lowest BCUT2D eigenvalue weighted by Gasteiger charge is -2.38. The molecule has 0 amide bonds. The molecule has 1 aliphatic carbocycles. The number of aliphatic hydroxyl groups is 1. The third-order valence-electron chi connectivity index (χ3n) is 7.47. The average Bonchev–Trinajstić information content (AvgIpc) is 3.36. The Balaban J connectivity index is 1.35. The van der Waals surface area contributed by atoms with Crippen LogP contribution in [0.1, 0.15) is 45.4 Å². The molecule has 1 saturated carbocycles. The van der Waals surface area contributed by atoms with E-state index in [1.54, 1.807) is 0 Å². The fourth-order valence-corrected chi connectivity index (χ4v) is 7.26. The Morgan fingerprint density at radius 1 is 1.21 bits per heavy atom. The van der Waals surface area contributed by atoms with Gasteiger partial charge in [-0.2, -0.15) is 0 Å². The number of sulfonamides is 1. The highest BCUT2D eigenvalue weighted by Gasteiger charge is 2.44. The summed E-state index contributed by atoms with van der Waals surface area (Å²) in [5.41, 5.74) is 6.66. The Hall–Kier alpha value is -0.330. The van der Waals surface area contributed by atoms with Crippen molar-refractivity contribution in [2.75, 3.05) is 33.2 Å². The quantitative estimate of drug-likeness (QED) is 0.372. The van der Waals surface area contributed by atoms with Gasteiger partial charge in [0.2, 0.25) is 10.0 Å². The summed E-state index contributed by atoms with van der Waals surface area (Å²) in [5, 5.41) is 17.4. The average molecular weight is 431 g/mol. The number of rotatable bonds is 6. The van der Waals surface area contributed by atoms with Crippen LogP contribution < -0.4 is 20.9 Å². The van der Waals surface area contributed by atoms with Crippen LogP contribution in [0.2, 0.25) is 0 Å². The van der Waals surface area contributed by atoms with Crippen molar-refractivity contribution in [1.29, 1.82) is 0 Å². The van der Waals surface area contributed by atoms with Crippen LogP contribution >= 0.6 is 0 Å². The summed E-state index contributed by atoms with van der Waals surface area (Å²) >= 11 is 0. The first kappa shape index (κ1) is 21.9. The molecule has 0 aromatic heterocycles. The summed E-state index contributed by atoms with van der Waals surface area (Å²) in [6.45, 7) is 4.71. The molecule has 9 nitrogen and oxygen atoms in total. The fraction of sp³-hybridized carbons (Fsp3) is 1.00. The van der Waals surface area contributed by atoms with E-state index in [9.17, 15) is 13.5 Å². The first-order valence-corrected chi connectivity index (χ1v) is 12.8. The van der Waals surface area contributed by atoms with Crippen LogP contribution in [0.3, 0.4) is 0 Å². The molecule has 0 spiro atoms. The highest BCUT2D eigenvalue weighted by molar-refractivity contribution is 7.90. The van der Waals surface area contributed by atoms with Gasteiger partial charge in [0.15, 0.2) is 0 Å². The van der Waals surface area contributed by atoms with Gasteiger partial charge in [-0.15, -0.1) is 0 Å². The zero-order valence-corrected chi connectivity index (χ0v) is 18.5. The summed E-state index contributed by atoms with van der Waals surface area (Å²) in [7, 11) is -1.39. The SMILES string of the molecule is CC[C@H](O)C1CCNC(N2CC(S(=O)(=O)NC3CCCC4CNN(C)C43)CN2)C1. The lowest BCUT2D eigenvalue weighted by molar-refractivity contribution is 0.0310. The molecule has 7 atom stereocenters. The second-order valence-electron chi connectivity index (χ2n) is 9.29. The summed E-state index contributed by atoms with van der Waals surface area (Å²) in [6, 6.07) is 0.213. The maximum absolute atomic E-state index is 13.2. The number of hydrogen-bond acceptors (Lipinski definition) is 8. The van der Waals surface area contributed by atoms with Crippen molar-refractivity contribution in [2.24, 2.45) is 11.8 Å². The van der Waals surface area contributed by atoms with E-state index in [-0.39, 0.29) is 30.3 Å². The molecule has 4 fully saturated rings. The van der Waals surface area contributed by atoms with E-state index in [1.165, 1.54) is 0 Å². The third-order valence-corrected chi connectivity index (χ3v) is 9.30. The van der Waals surface area contributed by atoms with Crippen LogP contribution in [-0.2, 0) is 10.0 Å². The third kappa shape index (κ3) is 4.64. The van der Waals surface area contributed by atoms with E-state index in [1.807, 2.05) is 19.0 Å². The van der Waals surface area contributed by atoms with Crippen molar-refractivity contribution in [3.8, 4) is 0 Å². The predicted octanol–water partition coefficient (Wildman–Crippen LogP) is -0.821. The molecule has 0 aromatic rings. The Morgan fingerprint density at radius 3 is 2.83 bits per heavy atom. The maximum Gasteiger partial charge on any atom is 0.217 e. The van der Waals surface area contributed by atoms with E-state index >= 15 is 0 Å². The lowest BCUT2D eigenvalue weighted by Crippen LogP contribution is -2.56. The highest BCUT2D eigenvalue weighted by Crippen LogP contribution is 2.31. The van der Waals surface area contributed by atoms with Crippen LogP contribution in [0, 0.1) is 11.8 Å². The highest BCUT2D eigenvalue weighted by atomic mass is 32.2. The molecule has 4 rings (SSSR count). The summed E-state index contributed by atoms with van der Waals surface area (Å²) in [5.74, 6) is 0.791. The van der Waals surface area contributed by atoms with Gasteiger partial charge in [-0.3, -0.25) is 10.9 Å². The van der Waals surface area contributed by atoms with Crippen molar-refractivity contribution >= 4 is 10.0 Å². The minimum Gasteiger partial charge on any atom is -0.393 e. The van der Waals surface area contributed by atoms with Crippen LogP contribution in [-0.4, -0.2) is 86.4 Å². The molecule has 3 saturated heterocycles. The second kappa shape index (κ2) is 9.04. The molecule has 6 unspecified atom stereocenters. The van der Waals surface area contributed by atoms with Crippen molar-refractivity contribution in [2.45, 2.75) is 75.1 Å². The van der Waals surface area contributed by atoms with Crippen LogP contribution in [0.4, 0.5) is 0 Å². The van der Waals surface area contributed by atoms with E-state index < -0.39 is 15.3 Å². The molecule has 0 bridgehead atoms. The summed E-state index contributed by atoms with van der Waals surface area (Å²) in [6.07, 6.45) is 5.50. The van der Waals surface area contributed by atoms with Gasteiger partial charge in [-0.25, -0.2) is 23.2 Å². The fourth-order valence-electron chi connectivity index (χ4n) is 5.74. The molecule has 4 aliphatic rings. The Labute approximate surface area is 174 Å². The predicted molar refractivity (Wildman–Crippen MR) is 112 cm³/mol. The number of hydrogen-bond donors (Lipinski definition) is 5. The van der Waals surface area contributed by atoms with E-state index in [4.69, 9.17) is 0 Å². The Kier molecular flexibility index (Phi) is 6.82. The number of nitrogens with one attached hydrogen (secondary N) is 4. The molecule has 0 aromatic carbocycles. The van der Waals surface area contributed by atoms with Gasteiger partial charge in [0.1, 0.15) is 5.25 Å². The Bertz CT molecular complexity index is 662. The van der Waals surface area contributed by atoms with Gasteiger partial charge in [0, 0.05) is 38.8 Å². The summed E-state index contributed by atoms with van der Waals surface area (Å²) in [4.78, 5) is 0. The molecule has 3 heterocycles. The summed E-state index contributed by atoms with van der Waals surface area (Å²) < 4.78 is 29.4. The molecular formula is C19H38N6O3S.